The summed E-state index contributed by atoms with van der Waals surface area (Å²) in [6, 6.07) is 8.87. The molecule has 2 aromatic heterocycles. The highest BCUT2D eigenvalue weighted by Crippen LogP contribution is 2.32. The Balaban J connectivity index is 1.80. The van der Waals surface area contributed by atoms with E-state index in [1.54, 1.807) is 19.2 Å². The third-order valence-corrected chi connectivity index (χ3v) is 5.05. The van der Waals surface area contributed by atoms with Gasteiger partial charge in [-0.15, -0.1) is 0 Å². The molecule has 0 saturated heterocycles. The summed E-state index contributed by atoms with van der Waals surface area (Å²) in [7, 11) is 1.56. The topological polar surface area (TPSA) is 96.4 Å². The van der Waals surface area contributed by atoms with Crippen LogP contribution in [0.5, 0.6) is 11.5 Å². The van der Waals surface area contributed by atoms with Crippen molar-refractivity contribution in [2.75, 3.05) is 19.0 Å². The fourth-order valence-corrected chi connectivity index (χ4v) is 3.43. The number of pyridine rings is 1. The number of hydrogen-bond donors (Lipinski definition) is 3. The number of rotatable bonds is 7. The molecule has 3 N–H and O–H groups in total. The molecule has 3 aromatic rings. The molecule has 7 nitrogen and oxygen atoms in total. The number of amides is 1. The molecule has 0 aliphatic carbocycles. The first-order valence-corrected chi connectivity index (χ1v) is 9.45. The summed E-state index contributed by atoms with van der Waals surface area (Å²) in [5.41, 5.74) is 1.15. The minimum atomic E-state index is -0.266. The van der Waals surface area contributed by atoms with Gasteiger partial charge in [-0.1, -0.05) is 25.2 Å². The Morgan fingerprint density at radius 2 is 2.04 bits per heavy atom. The van der Waals surface area contributed by atoms with E-state index >= 15 is 0 Å². The third-order valence-electron chi connectivity index (χ3n) is 4.10. The summed E-state index contributed by atoms with van der Waals surface area (Å²) in [6.45, 7) is 4.15. The second kappa shape index (κ2) is 8.32. The Morgan fingerprint density at radius 1 is 1.26 bits per heavy atom. The Bertz CT molecular complexity index is 942. The largest absolute Gasteiger partial charge is 0.457 e. The van der Waals surface area contributed by atoms with Crippen LogP contribution in [-0.2, 0) is 0 Å². The monoisotopic (exact) mass is 386 g/mol. The van der Waals surface area contributed by atoms with Gasteiger partial charge in [-0.05, 0) is 24.1 Å². The van der Waals surface area contributed by atoms with Crippen molar-refractivity contribution in [3.8, 4) is 11.5 Å². The summed E-state index contributed by atoms with van der Waals surface area (Å²) in [5.74, 6) is 1.21. The number of anilines is 1. The third kappa shape index (κ3) is 4.53. The second-order valence-electron chi connectivity index (χ2n) is 6.38. The summed E-state index contributed by atoms with van der Waals surface area (Å²) in [6.07, 6.45) is 1.54. The van der Waals surface area contributed by atoms with Gasteiger partial charge >= 0.3 is 0 Å². The number of ether oxygens (including phenoxy) is 1. The van der Waals surface area contributed by atoms with Gasteiger partial charge < -0.3 is 20.5 Å². The molecule has 0 aliphatic heterocycles. The number of hydrogen-bond acceptors (Lipinski definition) is 7. The zero-order chi connectivity index (χ0) is 19.4. The van der Waals surface area contributed by atoms with Gasteiger partial charge in [0.2, 0.25) is 0 Å². The highest BCUT2D eigenvalue weighted by Gasteiger charge is 2.14. The summed E-state index contributed by atoms with van der Waals surface area (Å²) in [4.78, 5) is 20.3. The van der Waals surface area contributed by atoms with E-state index in [1.807, 2.05) is 18.2 Å². The van der Waals surface area contributed by atoms with Crippen molar-refractivity contribution >= 4 is 32.6 Å². The van der Waals surface area contributed by atoms with Crippen molar-refractivity contribution in [1.82, 2.24) is 15.3 Å². The van der Waals surface area contributed by atoms with Crippen LogP contribution < -0.4 is 15.4 Å². The average Bonchev–Trinajstić information content (AvgIpc) is 3.07. The molecule has 0 radical (unpaired) electrons. The van der Waals surface area contributed by atoms with Crippen LogP contribution in [0.2, 0.25) is 0 Å². The Morgan fingerprint density at radius 3 is 2.74 bits per heavy atom. The molecule has 27 heavy (non-hydrogen) atoms. The Kier molecular flexibility index (Phi) is 5.88. The zero-order valence-corrected chi connectivity index (χ0v) is 16.2. The number of aliphatic hydroxyl groups excluding tert-OH is 1. The van der Waals surface area contributed by atoms with Crippen LogP contribution in [0.4, 0.5) is 5.13 Å². The maximum absolute atomic E-state index is 11.7. The average molecular weight is 386 g/mol. The first-order valence-electron chi connectivity index (χ1n) is 8.64. The van der Waals surface area contributed by atoms with E-state index < -0.39 is 0 Å². The van der Waals surface area contributed by atoms with E-state index in [9.17, 15) is 9.90 Å². The van der Waals surface area contributed by atoms with Crippen LogP contribution in [0.1, 0.15) is 24.3 Å². The fraction of sp³-hybridized carbons (Fsp3) is 0.316. The minimum Gasteiger partial charge on any atom is -0.457 e. The Labute approximate surface area is 161 Å². The number of benzene rings is 1. The number of nitrogens with zero attached hydrogens (tertiary/aromatic N) is 2. The fourth-order valence-electron chi connectivity index (χ4n) is 2.47. The highest BCUT2D eigenvalue weighted by molar-refractivity contribution is 7.22. The van der Waals surface area contributed by atoms with E-state index in [2.05, 4.69) is 34.4 Å². The quantitative estimate of drug-likeness (QED) is 0.577. The molecule has 1 atom stereocenters. The molecular weight excluding hydrogens is 364 g/mol. The van der Waals surface area contributed by atoms with Gasteiger partial charge in [0.25, 0.3) is 5.91 Å². The second-order valence-corrected chi connectivity index (χ2v) is 7.41. The van der Waals surface area contributed by atoms with Crippen LogP contribution in [0.15, 0.2) is 36.5 Å². The minimum absolute atomic E-state index is 0.0405. The first kappa shape index (κ1) is 19.1. The Hall–Kier alpha value is -2.71. The van der Waals surface area contributed by atoms with E-state index in [1.165, 1.54) is 17.5 Å². The van der Waals surface area contributed by atoms with Gasteiger partial charge in [0, 0.05) is 25.4 Å². The van der Waals surface area contributed by atoms with Gasteiger partial charge in [-0.2, -0.15) is 0 Å². The number of carbonyl (C=O) groups excluding carboxylic acids is 1. The lowest BCUT2D eigenvalue weighted by Crippen LogP contribution is -2.29. The normalized spacial score (nSPS) is 12.2. The molecular formula is C19H22N4O3S. The molecule has 1 amide bonds. The lowest BCUT2D eigenvalue weighted by atomic mass is 10.1. The van der Waals surface area contributed by atoms with Crippen molar-refractivity contribution in [2.45, 2.75) is 19.9 Å². The van der Waals surface area contributed by atoms with Gasteiger partial charge in [0.15, 0.2) is 5.13 Å². The molecule has 142 valence electrons. The van der Waals surface area contributed by atoms with Crippen molar-refractivity contribution in [3.63, 3.8) is 0 Å². The molecule has 2 heterocycles. The lowest BCUT2D eigenvalue weighted by Gasteiger charge is -2.18. The summed E-state index contributed by atoms with van der Waals surface area (Å²) >= 11 is 1.50. The molecule has 0 fully saturated rings. The maximum atomic E-state index is 11.7. The maximum Gasteiger partial charge on any atom is 0.269 e. The van der Waals surface area contributed by atoms with Crippen LogP contribution >= 0.6 is 11.3 Å². The standard InChI is InChI=1S/C19H22N4O3S/c1-11(2)16(10-24)23-19-22-14-5-4-12(9-17(14)27-19)26-13-6-7-21-15(8-13)18(25)20-3/h4-9,11,16,24H,10H2,1-3H3,(H,20,25)(H,22,23)/t16-/m1/s1. The molecule has 0 aliphatic rings. The van der Waals surface area contributed by atoms with Gasteiger partial charge in [-0.25, -0.2) is 4.98 Å². The van der Waals surface area contributed by atoms with Crippen LogP contribution in [0.3, 0.4) is 0 Å². The van der Waals surface area contributed by atoms with Crippen LogP contribution in [0, 0.1) is 5.92 Å². The van der Waals surface area contributed by atoms with Crippen molar-refractivity contribution in [2.24, 2.45) is 5.92 Å². The molecule has 0 spiro atoms. The number of nitrogens with one attached hydrogen (secondary N) is 2. The predicted molar refractivity (Wildman–Crippen MR) is 107 cm³/mol. The van der Waals surface area contributed by atoms with Crippen molar-refractivity contribution in [1.29, 1.82) is 0 Å². The van der Waals surface area contributed by atoms with E-state index in [0.29, 0.717) is 23.1 Å². The lowest BCUT2D eigenvalue weighted by molar-refractivity contribution is 0.0958. The number of thiazole rings is 1. The smallest absolute Gasteiger partial charge is 0.269 e. The van der Waals surface area contributed by atoms with Gasteiger partial charge in [-0.3, -0.25) is 9.78 Å². The summed E-state index contributed by atoms with van der Waals surface area (Å²) < 4.78 is 6.84. The molecule has 3 rings (SSSR count). The van der Waals surface area contributed by atoms with E-state index in [0.717, 1.165) is 15.3 Å². The van der Waals surface area contributed by atoms with Gasteiger partial charge in [0.05, 0.1) is 22.9 Å². The number of carbonyl (C=O) groups is 1. The van der Waals surface area contributed by atoms with Gasteiger partial charge in [0.1, 0.15) is 17.2 Å². The SMILES string of the molecule is CNC(=O)c1cc(Oc2ccc3nc(N[C@H](CO)C(C)C)sc3c2)ccn1. The van der Waals surface area contributed by atoms with E-state index in [4.69, 9.17) is 4.74 Å². The van der Waals surface area contributed by atoms with Crippen LogP contribution in [0.25, 0.3) is 10.2 Å². The molecule has 8 heteroatoms. The number of fused-ring (bicyclic) bond motifs is 1. The van der Waals surface area contributed by atoms with E-state index in [-0.39, 0.29) is 18.6 Å². The first-order chi connectivity index (χ1) is 13.0. The number of aliphatic hydroxyl groups is 1. The zero-order valence-electron chi connectivity index (χ0n) is 15.4. The molecule has 0 bridgehead atoms. The molecule has 0 saturated carbocycles. The summed E-state index contributed by atoms with van der Waals surface area (Å²) in [5, 5.41) is 16.1. The van der Waals surface area contributed by atoms with Crippen molar-refractivity contribution < 1.29 is 14.6 Å². The van der Waals surface area contributed by atoms with Crippen LogP contribution in [-0.4, -0.2) is 40.7 Å². The molecule has 0 unspecified atom stereocenters. The number of aromatic nitrogens is 2. The molecule has 1 aromatic carbocycles. The van der Waals surface area contributed by atoms with Crippen molar-refractivity contribution in [3.05, 3.63) is 42.2 Å². The predicted octanol–water partition coefficient (Wildman–Crippen LogP) is 3.27. The highest BCUT2D eigenvalue weighted by atomic mass is 32.1.